The molecule has 0 bridgehead atoms. The lowest BCUT2D eigenvalue weighted by atomic mass is 10.3. The smallest absolute Gasteiger partial charge is 0.337 e. The molecule has 10 heavy (non-hydrogen) atoms. The van der Waals surface area contributed by atoms with Crippen LogP contribution in [0.1, 0.15) is 13.8 Å². The van der Waals surface area contributed by atoms with Crippen LogP contribution in [-0.2, 0) is 9.53 Å². The second-order valence-electron chi connectivity index (χ2n) is 2.35. The molecule has 1 rings (SSSR count). The van der Waals surface area contributed by atoms with E-state index in [4.69, 9.17) is 10.5 Å². The Hall–Kier alpha value is -0.900. The summed E-state index contributed by atoms with van der Waals surface area (Å²) >= 11 is 0. The van der Waals surface area contributed by atoms with Gasteiger partial charge in [0.2, 0.25) is 5.90 Å². The average Bonchev–Trinajstić information content (AvgIpc) is 2.13. The van der Waals surface area contributed by atoms with Crippen molar-refractivity contribution in [3.05, 3.63) is 0 Å². The zero-order valence-electron chi connectivity index (χ0n) is 6.00. The van der Waals surface area contributed by atoms with Crippen molar-refractivity contribution < 1.29 is 9.53 Å². The summed E-state index contributed by atoms with van der Waals surface area (Å²) < 4.78 is 4.72. The van der Waals surface area contributed by atoms with Crippen molar-refractivity contribution >= 4 is 11.9 Å². The summed E-state index contributed by atoms with van der Waals surface area (Å²) in [4.78, 5) is 14.6. The maximum absolute atomic E-state index is 10.7. The molecule has 0 amide bonds. The Morgan fingerprint density at radius 1 is 1.80 bits per heavy atom. The first-order valence-electron chi connectivity index (χ1n) is 3.16. The summed E-state index contributed by atoms with van der Waals surface area (Å²) in [6, 6.07) is -0.658. The van der Waals surface area contributed by atoms with Crippen molar-refractivity contribution in [2.24, 2.45) is 10.7 Å². The molecule has 1 aliphatic heterocycles. The Balaban J connectivity index is 2.67. The third-order valence-electron chi connectivity index (χ3n) is 1.26. The molecule has 1 heterocycles. The Kier molecular flexibility index (Phi) is 1.72. The van der Waals surface area contributed by atoms with Crippen LogP contribution in [0, 0.1) is 0 Å². The van der Waals surface area contributed by atoms with Gasteiger partial charge in [-0.2, -0.15) is 0 Å². The van der Waals surface area contributed by atoms with E-state index in [1.165, 1.54) is 0 Å². The molecule has 0 fully saturated rings. The molecule has 2 N–H and O–H groups in total. The molecule has 0 radical (unpaired) electrons. The quantitative estimate of drug-likeness (QED) is 0.510. The largest absolute Gasteiger partial charge is 0.409 e. The minimum Gasteiger partial charge on any atom is -0.409 e. The fourth-order valence-corrected chi connectivity index (χ4v) is 0.669. The van der Waals surface area contributed by atoms with Gasteiger partial charge in [-0.15, -0.1) is 0 Å². The number of cyclic esters (lactones) is 1. The highest BCUT2D eigenvalue weighted by molar-refractivity contribution is 5.99. The maximum atomic E-state index is 10.7. The van der Waals surface area contributed by atoms with E-state index in [0.717, 1.165) is 0 Å². The first-order valence-corrected chi connectivity index (χ1v) is 3.16. The van der Waals surface area contributed by atoms with E-state index in [2.05, 4.69) is 4.99 Å². The van der Waals surface area contributed by atoms with Gasteiger partial charge in [-0.3, -0.25) is 0 Å². The number of hydrogen-bond donors (Lipinski definition) is 1. The Morgan fingerprint density at radius 3 is 2.60 bits per heavy atom. The monoisotopic (exact) mass is 142 g/mol. The number of esters is 1. The molecular formula is C6H10N2O2. The molecule has 1 aliphatic rings. The highest BCUT2D eigenvalue weighted by Gasteiger charge is 2.26. The summed E-state index contributed by atoms with van der Waals surface area (Å²) in [6.45, 7) is 3.40. The third kappa shape index (κ3) is 1.16. The van der Waals surface area contributed by atoms with Gasteiger partial charge in [-0.1, -0.05) is 0 Å². The van der Waals surface area contributed by atoms with Crippen LogP contribution in [0.3, 0.4) is 0 Å². The predicted octanol–water partition coefficient (Wildman–Crippen LogP) is -0.323. The molecule has 4 heteroatoms. The van der Waals surface area contributed by atoms with Crippen LogP contribution < -0.4 is 5.73 Å². The number of nitrogens with zero attached hydrogens (tertiary/aromatic N) is 1. The zero-order valence-corrected chi connectivity index (χ0v) is 6.00. The highest BCUT2D eigenvalue weighted by Crippen LogP contribution is 2.06. The van der Waals surface area contributed by atoms with Crippen LogP contribution in [0.2, 0.25) is 0 Å². The summed E-state index contributed by atoms with van der Waals surface area (Å²) in [6.07, 6.45) is 0. The number of aliphatic imine (C=N–C) groups is 1. The summed E-state index contributed by atoms with van der Waals surface area (Å²) in [5.41, 5.74) is 5.41. The minimum atomic E-state index is -0.374. The lowest BCUT2D eigenvalue weighted by Gasteiger charge is -2.00. The van der Waals surface area contributed by atoms with Crippen molar-refractivity contribution in [2.45, 2.75) is 25.9 Å². The molecule has 0 aromatic heterocycles. The lowest BCUT2D eigenvalue weighted by molar-refractivity contribution is -0.134. The van der Waals surface area contributed by atoms with Crippen molar-refractivity contribution in [3.8, 4) is 0 Å². The van der Waals surface area contributed by atoms with Gasteiger partial charge in [0.05, 0.1) is 6.04 Å². The Labute approximate surface area is 59.1 Å². The Bertz CT molecular complexity index is 186. The van der Waals surface area contributed by atoms with Gasteiger partial charge in [0.1, 0.15) is 6.04 Å². The van der Waals surface area contributed by atoms with E-state index in [9.17, 15) is 4.79 Å². The van der Waals surface area contributed by atoms with Gasteiger partial charge in [0.15, 0.2) is 0 Å². The van der Waals surface area contributed by atoms with E-state index in [-0.39, 0.29) is 18.1 Å². The van der Waals surface area contributed by atoms with Crippen molar-refractivity contribution in [1.29, 1.82) is 0 Å². The zero-order chi connectivity index (χ0) is 7.72. The normalized spacial score (nSPS) is 27.7. The van der Waals surface area contributed by atoms with E-state index in [1.807, 2.05) is 0 Å². The molecule has 0 aliphatic carbocycles. The SMILES string of the molecule is CC(N)C1=NC(C)C(=O)O1. The fourth-order valence-electron chi connectivity index (χ4n) is 0.669. The molecule has 2 atom stereocenters. The molecule has 0 saturated heterocycles. The van der Waals surface area contributed by atoms with Crippen LogP contribution in [0.5, 0.6) is 0 Å². The molecule has 0 aromatic carbocycles. The van der Waals surface area contributed by atoms with Gasteiger partial charge < -0.3 is 10.5 Å². The average molecular weight is 142 g/mol. The van der Waals surface area contributed by atoms with Crippen molar-refractivity contribution in [1.82, 2.24) is 0 Å². The first kappa shape index (κ1) is 7.21. The fraction of sp³-hybridized carbons (Fsp3) is 0.667. The summed E-state index contributed by atoms with van der Waals surface area (Å²) in [5, 5.41) is 0. The van der Waals surface area contributed by atoms with E-state index in [0.29, 0.717) is 5.90 Å². The van der Waals surface area contributed by atoms with Gasteiger partial charge in [0.25, 0.3) is 0 Å². The van der Waals surface area contributed by atoms with Crippen molar-refractivity contribution in [3.63, 3.8) is 0 Å². The van der Waals surface area contributed by atoms with E-state index >= 15 is 0 Å². The molecule has 4 nitrogen and oxygen atoms in total. The minimum absolute atomic E-state index is 0.283. The number of nitrogens with two attached hydrogens (primary N) is 1. The van der Waals surface area contributed by atoms with Crippen LogP contribution in [0.25, 0.3) is 0 Å². The summed E-state index contributed by atoms with van der Waals surface area (Å²) in [5.74, 6) is 0.0322. The topological polar surface area (TPSA) is 64.7 Å². The second kappa shape index (κ2) is 2.38. The number of carbonyl (C=O) groups excluding carboxylic acids is 1. The van der Waals surface area contributed by atoms with Crippen LogP contribution in [-0.4, -0.2) is 24.0 Å². The van der Waals surface area contributed by atoms with Gasteiger partial charge in [-0.05, 0) is 13.8 Å². The highest BCUT2D eigenvalue weighted by atomic mass is 16.6. The lowest BCUT2D eigenvalue weighted by Crippen LogP contribution is -2.27. The van der Waals surface area contributed by atoms with Crippen molar-refractivity contribution in [2.75, 3.05) is 0 Å². The molecule has 2 unspecified atom stereocenters. The second-order valence-corrected chi connectivity index (χ2v) is 2.35. The van der Waals surface area contributed by atoms with Crippen LogP contribution in [0.15, 0.2) is 4.99 Å². The molecular weight excluding hydrogens is 132 g/mol. The van der Waals surface area contributed by atoms with Gasteiger partial charge in [-0.25, -0.2) is 9.79 Å². The molecule has 0 saturated carbocycles. The number of ether oxygens (including phenoxy) is 1. The standard InChI is InChI=1S/C6H10N2O2/c1-3(7)5-8-4(2)6(9)10-5/h3-4H,7H2,1-2H3. The maximum Gasteiger partial charge on any atom is 0.337 e. The number of rotatable bonds is 1. The van der Waals surface area contributed by atoms with Gasteiger partial charge >= 0.3 is 5.97 Å². The Morgan fingerprint density at radius 2 is 2.40 bits per heavy atom. The summed E-state index contributed by atoms with van der Waals surface area (Å²) in [7, 11) is 0. The van der Waals surface area contributed by atoms with Gasteiger partial charge in [0, 0.05) is 0 Å². The molecule has 0 aromatic rings. The predicted molar refractivity (Wildman–Crippen MR) is 36.6 cm³/mol. The number of carbonyl (C=O) groups is 1. The first-order chi connectivity index (χ1) is 4.61. The third-order valence-corrected chi connectivity index (χ3v) is 1.26. The van der Waals surface area contributed by atoms with Crippen LogP contribution >= 0.6 is 0 Å². The van der Waals surface area contributed by atoms with Crippen LogP contribution in [0.4, 0.5) is 0 Å². The number of hydrogen-bond acceptors (Lipinski definition) is 4. The van der Waals surface area contributed by atoms with E-state index in [1.54, 1.807) is 13.8 Å². The molecule has 56 valence electrons. The van der Waals surface area contributed by atoms with E-state index < -0.39 is 0 Å². The molecule has 0 spiro atoms.